The van der Waals surface area contributed by atoms with Gasteiger partial charge < -0.3 is 4.74 Å². The Bertz CT molecular complexity index is 1090. The van der Waals surface area contributed by atoms with Gasteiger partial charge in [-0.2, -0.15) is 13.2 Å². The van der Waals surface area contributed by atoms with Gasteiger partial charge in [0.2, 0.25) is 5.88 Å². The van der Waals surface area contributed by atoms with Crippen LogP contribution in [0, 0.1) is 0 Å². The molecule has 0 unspecified atom stereocenters. The van der Waals surface area contributed by atoms with E-state index in [1.54, 1.807) is 6.07 Å². The number of aromatic nitrogens is 2. The van der Waals surface area contributed by atoms with Crippen LogP contribution in [0.1, 0.15) is 5.56 Å². The van der Waals surface area contributed by atoms with Gasteiger partial charge in [0.25, 0.3) is 10.0 Å². The summed E-state index contributed by atoms with van der Waals surface area (Å²) in [7, 11) is -4.38. The van der Waals surface area contributed by atoms with Crippen LogP contribution in [0.3, 0.4) is 0 Å². The second-order valence-corrected chi connectivity index (χ2v) is 7.48. The van der Waals surface area contributed by atoms with E-state index in [1.165, 1.54) is 36.8 Å². The number of benzene rings is 2. The monoisotopic (exact) mass is 429 g/mol. The standard InChI is InChI=1S/C17H11ClF3N3O3S/c18-14-5-4-11(17(19,20)21)8-15(14)28(25,26)24-12-2-1-3-13(9-12)27-16-10-22-6-7-23-16/h1-10,24H. The lowest BCUT2D eigenvalue weighted by Crippen LogP contribution is -2.15. The number of halogens is 4. The zero-order valence-electron chi connectivity index (χ0n) is 13.8. The molecule has 1 aromatic heterocycles. The molecular weight excluding hydrogens is 419 g/mol. The number of hydrogen-bond acceptors (Lipinski definition) is 5. The van der Waals surface area contributed by atoms with Gasteiger partial charge in [-0.15, -0.1) is 0 Å². The fourth-order valence-corrected chi connectivity index (χ4v) is 3.75. The Morgan fingerprint density at radius 3 is 2.54 bits per heavy atom. The van der Waals surface area contributed by atoms with Crippen molar-refractivity contribution in [3.8, 4) is 11.6 Å². The Morgan fingerprint density at radius 1 is 1.07 bits per heavy atom. The van der Waals surface area contributed by atoms with E-state index in [-0.39, 0.29) is 22.3 Å². The molecule has 2 aromatic carbocycles. The minimum absolute atomic E-state index is 0.0647. The molecule has 28 heavy (non-hydrogen) atoms. The third-order valence-electron chi connectivity index (χ3n) is 3.40. The Morgan fingerprint density at radius 2 is 1.86 bits per heavy atom. The SMILES string of the molecule is O=S(=O)(Nc1cccc(Oc2cnccn2)c1)c1cc(C(F)(F)F)ccc1Cl. The highest BCUT2D eigenvalue weighted by atomic mass is 35.5. The van der Waals surface area contributed by atoms with Gasteiger partial charge in [0, 0.05) is 18.5 Å². The zero-order chi connectivity index (χ0) is 20.4. The molecule has 0 aliphatic carbocycles. The summed E-state index contributed by atoms with van der Waals surface area (Å²) in [6.45, 7) is 0. The van der Waals surface area contributed by atoms with Crippen molar-refractivity contribution in [2.24, 2.45) is 0 Å². The van der Waals surface area contributed by atoms with Crippen LogP contribution in [0.5, 0.6) is 11.6 Å². The Kier molecular flexibility index (Phi) is 5.43. The van der Waals surface area contributed by atoms with Crippen molar-refractivity contribution in [2.45, 2.75) is 11.1 Å². The van der Waals surface area contributed by atoms with Gasteiger partial charge in [0.05, 0.1) is 22.5 Å². The van der Waals surface area contributed by atoms with Crippen molar-refractivity contribution in [3.05, 3.63) is 71.6 Å². The summed E-state index contributed by atoms with van der Waals surface area (Å²) in [4.78, 5) is 7.07. The van der Waals surface area contributed by atoms with Crippen molar-refractivity contribution < 1.29 is 26.3 Å². The van der Waals surface area contributed by atoms with Gasteiger partial charge in [-0.25, -0.2) is 13.4 Å². The molecule has 1 heterocycles. The van der Waals surface area contributed by atoms with Crippen LogP contribution in [-0.4, -0.2) is 18.4 Å². The minimum atomic E-state index is -4.71. The summed E-state index contributed by atoms with van der Waals surface area (Å²) in [5.74, 6) is 0.430. The summed E-state index contributed by atoms with van der Waals surface area (Å²) < 4.78 is 71.4. The molecule has 11 heteroatoms. The van der Waals surface area contributed by atoms with Crippen molar-refractivity contribution in [2.75, 3.05) is 4.72 Å². The molecule has 0 saturated carbocycles. The maximum Gasteiger partial charge on any atom is 0.416 e. The van der Waals surface area contributed by atoms with E-state index in [0.717, 1.165) is 6.07 Å². The smallest absolute Gasteiger partial charge is 0.416 e. The van der Waals surface area contributed by atoms with Crippen LogP contribution in [0.4, 0.5) is 18.9 Å². The molecule has 0 radical (unpaired) electrons. The first-order chi connectivity index (χ1) is 13.1. The maximum atomic E-state index is 12.9. The van der Waals surface area contributed by atoms with Crippen molar-refractivity contribution in [3.63, 3.8) is 0 Å². The normalized spacial score (nSPS) is 11.9. The summed E-state index contributed by atoms with van der Waals surface area (Å²) in [5, 5.41) is -0.340. The molecule has 0 bridgehead atoms. The number of anilines is 1. The van der Waals surface area contributed by atoms with Gasteiger partial charge in [-0.3, -0.25) is 9.71 Å². The van der Waals surface area contributed by atoms with Gasteiger partial charge in [-0.05, 0) is 30.3 Å². The molecule has 146 valence electrons. The zero-order valence-corrected chi connectivity index (χ0v) is 15.4. The van der Waals surface area contributed by atoms with E-state index in [0.29, 0.717) is 12.1 Å². The molecule has 0 aliphatic rings. The highest BCUT2D eigenvalue weighted by Gasteiger charge is 2.32. The first-order valence-electron chi connectivity index (χ1n) is 7.59. The number of ether oxygens (including phenoxy) is 1. The predicted molar refractivity (Wildman–Crippen MR) is 95.8 cm³/mol. The van der Waals surface area contributed by atoms with Crippen LogP contribution in [0.15, 0.2) is 66.0 Å². The van der Waals surface area contributed by atoms with Crippen molar-refractivity contribution in [1.29, 1.82) is 0 Å². The molecular formula is C17H11ClF3N3O3S. The number of rotatable bonds is 5. The lowest BCUT2D eigenvalue weighted by Gasteiger charge is -2.13. The molecule has 0 fully saturated rings. The van der Waals surface area contributed by atoms with E-state index in [4.69, 9.17) is 16.3 Å². The third-order valence-corrected chi connectivity index (χ3v) is 5.26. The minimum Gasteiger partial charge on any atom is -0.437 e. The first-order valence-corrected chi connectivity index (χ1v) is 9.45. The number of sulfonamides is 1. The van der Waals surface area contributed by atoms with Crippen LogP contribution in [-0.2, 0) is 16.2 Å². The van der Waals surface area contributed by atoms with Crippen molar-refractivity contribution >= 4 is 27.3 Å². The predicted octanol–water partition coefficient (Wildman–Crippen LogP) is 4.74. The average molecular weight is 430 g/mol. The van der Waals surface area contributed by atoms with E-state index in [9.17, 15) is 21.6 Å². The quantitative estimate of drug-likeness (QED) is 0.633. The molecule has 0 aliphatic heterocycles. The number of alkyl halides is 3. The molecule has 3 rings (SSSR count). The van der Waals surface area contributed by atoms with Crippen LogP contribution in [0.2, 0.25) is 5.02 Å². The van der Waals surface area contributed by atoms with E-state index in [2.05, 4.69) is 14.7 Å². The largest absolute Gasteiger partial charge is 0.437 e. The molecule has 0 amide bonds. The number of nitrogens with zero attached hydrogens (tertiary/aromatic N) is 2. The Balaban J connectivity index is 1.88. The fraction of sp³-hybridized carbons (Fsp3) is 0.0588. The molecule has 6 nitrogen and oxygen atoms in total. The first kappa shape index (κ1) is 19.9. The lowest BCUT2D eigenvalue weighted by molar-refractivity contribution is -0.137. The van der Waals surface area contributed by atoms with E-state index >= 15 is 0 Å². The van der Waals surface area contributed by atoms with E-state index in [1.807, 2.05) is 0 Å². The summed E-state index contributed by atoms with van der Waals surface area (Å²) in [6.07, 6.45) is -0.480. The van der Waals surface area contributed by atoms with Crippen LogP contribution in [0.25, 0.3) is 0 Å². The molecule has 0 saturated heterocycles. The summed E-state index contributed by atoms with van der Waals surface area (Å²) >= 11 is 5.81. The maximum absolute atomic E-state index is 12.9. The molecule has 0 atom stereocenters. The Hall–Kier alpha value is -2.85. The number of nitrogens with one attached hydrogen (secondary N) is 1. The topological polar surface area (TPSA) is 81.2 Å². The molecule has 0 spiro atoms. The third kappa shape index (κ3) is 4.70. The fourth-order valence-electron chi connectivity index (χ4n) is 2.18. The van der Waals surface area contributed by atoms with Gasteiger partial charge >= 0.3 is 6.18 Å². The highest BCUT2D eigenvalue weighted by molar-refractivity contribution is 7.92. The number of hydrogen-bond donors (Lipinski definition) is 1. The Labute approximate surface area is 163 Å². The van der Waals surface area contributed by atoms with Crippen molar-refractivity contribution in [1.82, 2.24) is 9.97 Å². The lowest BCUT2D eigenvalue weighted by atomic mass is 10.2. The van der Waals surface area contributed by atoms with E-state index < -0.39 is 26.7 Å². The summed E-state index contributed by atoms with van der Waals surface area (Å²) in [6, 6.07) is 7.85. The van der Waals surface area contributed by atoms with Gasteiger partial charge in [0.1, 0.15) is 10.6 Å². The second kappa shape index (κ2) is 7.64. The van der Waals surface area contributed by atoms with Gasteiger partial charge in [-0.1, -0.05) is 17.7 Å². The second-order valence-electron chi connectivity index (χ2n) is 5.42. The van der Waals surface area contributed by atoms with Crippen LogP contribution >= 0.6 is 11.6 Å². The highest BCUT2D eigenvalue weighted by Crippen LogP contribution is 2.34. The molecule has 3 aromatic rings. The van der Waals surface area contributed by atoms with Gasteiger partial charge in [0.15, 0.2) is 0 Å². The van der Waals surface area contributed by atoms with Crippen LogP contribution < -0.4 is 9.46 Å². The molecule has 1 N–H and O–H groups in total. The summed E-state index contributed by atoms with van der Waals surface area (Å²) in [5.41, 5.74) is -1.06. The average Bonchev–Trinajstić information content (AvgIpc) is 2.61.